The van der Waals surface area contributed by atoms with E-state index in [0.29, 0.717) is 28.6 Å². The van der Waals surface area contributed by atoms with Gasteiger partial charge in [0.25, 0.3) is 0 Å². The molecular formula is C22H25ClFN5O3. The molecule has 0 spiro atoms. The second-order valence-electron chi connectivity index (χ2n) is 7.42. The molecule has 0 bridgehead atoms. The van der Waals surface area contributed by atoms with Crippen LogP contribution < -0.4 is 15.4 Å². The van der Waals surface area contributed by atoms with Gasteiger partial charge >= 0.3 is 6.03 Å². The number of aromatic nitrogens is 2. The van der Waals surface area contributed by atoms with Crippen molar-refractivity contribution in [2.24, 2.45) is 7.05 Å². The third-order valence-corrected chi connectivity index (χ3v) is 4.84. The molecule has 10 heteroatoms. The first kappa shape index (κ1) is 23.4. The molecule has 1 aromatic heterocycles. The molecule has 32 heavy (non-hydrogen) atoms. The van der Waals surface area contributed by atoms with E-state index in [9.17, 15) is 14.3 Å². The minimum Gasteiger partial charge on any atom is -0.506 e. The zero-order chi connectivity index (χ0) is 23.3. The highest BCUT2D eigenvalue weighted by molar-refractivity contribution is 6.30. The molecule has 0 aliphatic carbocycles. The molecule has 0 saturated carbocycles. The Morgan fingerprint density at radius 3 is 2.69 bits per heavy atom. The first-order valence-electron chi connectivity index (χ1n) is 9.90. The van der Waals surface area contributed by atoms with E-state index in [4.69, 9.17) is 16.3 Å². The van der Waals surface area contributed by atoms with Crippen molar-refractivity contribution < 1.29 is 19.0 Å². The van der Waals surface area contributed by atoms with Gasteiger partial charge in [-0.3, -0.25) is 4.68 Å². The van der Waals surface area contributed by atoms with Crippen molar-refractivity contribution in [2.75, 3.05) is 37.9 Å². The fourth-order valence-electron chi connectivity index (χ4n) is 3.09. The molecule has 0 aliphatic heterocycles. The minimum atomic E-state index is -0.585. The topological polar surface area (TPSA) is 91.7 Å². The number of ether oxygens (including phenoxy) is 1. The fourth-order valence-corrected chi connectivity index (χ4v) is 3.26. The lowest BCUT2D eigenvalue weighted by molar-refractivity contribution is 0.262. The number of carbonyl (C=O) groups is 1. The molecule has 8 nitrogen and oxygen atoms in total. The summed E-state index contributed by atoms with van der Waals surface area (Å²) in [4.78, 5) is 14.5. The van der Waals surface area contributed by atoms with Gasteiger partial charge in [0.05, 0.1) is 18.5 Å². The molecule has 0 unspecified atom stereocenters. The predicted octanol–water partition coefficient (Wildman–Crippen LogP) is 4.56. The number of nitrogens with one attached hydrogen (secondary N) is 2. The number of hydrogen-bond donors (Lipinski definition) is 3. The number of phenolic OH excluding ortho intramolecular Hbond substituents is 1. The van der Waals surface area contributed by atoms with Crippen LogP contribution in [0.1, 0.15) is 6.42 Å². The van der Waals surface area contributed by atoms with Crippen molar-refractivity contribution in [1.82, 2.24) is 14.7 Å². The van der Waals surface area contributed by atoms with Crippen LogP contribution >= 0.6 is 11.6 Å². The van der Waals surface area contributed by atoms with Crippen molar-refractivity contribution in [2.45, 2.75) is 6.42 Å². The quantitative estimate of drug-likeness (QED) is 0.338. The number of halogens is 2. The van der Waals surface area contributed by atoms with E-state index in [1.807, 2.05) is 14.1 Å². The van der Waals surface area contributed by atoms with Crippen molar-refractivity contribution in [3.63, 3.8) is 0 Å². The van der Waals surface area contributed by atoms with Gasteiger partial charge in [-0.25, -0.2) is 9.18 Å². The van der Waals surface area contributed by atoms with E-state index in [1.165, 1.54) is 16.8 Å². The van der Waals surface area contributed by atoms with E-state index >= 15 is 0 Å². The molecule has 0 saturated heterocycles. The lowest BCUT2D eigenvalue weighted by Crippen LogP contribution is -2.19. The molecule has 3 aromatic rings. The smallest absolute Gasteiger partial charge is 0.323 e. The molecule has 3 N–H and O–H groups in total. The Labute approximate surface area is 190 Å². The number of urea groups is 1. The average Bonchev–Trinajstić information content (AvgIpc) is 3.06. The number of amides is 2. The molecule has 0 aliphatic rings. The van der Waals surface area contributed by atoms with Gasteiger partial charge in [0.15, 0.2) is 5.82 Å². The molecular weight excluding hydrogens is 437 g/mol. The Morgan fingerprint density at radius 1 is 1.25 bits per heavy atom. The van der Waals surface area contributed by atoms with Crippen LogP contribution in [0, 0.1) is 5.82 Å². The summed E-state index contributed by atoms with van der Waals surface area (Å²) in [6.07, 6.45) is 1.93. The molecule has 0 radical (unpaired) electrons. The van der Waals surface area contributed by atoms with Crippen LogP contribution in [0.15, 0.2) is 42.6 Å². The standard InChI is InChI=1S/C22H25ClFN5O3/c1-28(2)9-4-10-32-20-8-6-15(12-16(20)21-17(24)13-25-29(21)3)26-22(31)27-18-7-5-14(23)11-19(18)30/h5-8,11-13,30H,4,9-10H2,1-3H3,(H2,26,27,31). The van der Waals surface area contributed by atoms with Crippen LogP contribution in [-0.4, -0.2) is 53.1 Å². The van der Waals surface area contributed by atoms with Crippen LogP contribution in [0.25, 0.3) is 11.3 Å². The summed E-state index contributed by atoms with van der Waals surface area (Å²) in [5.74, 6) is -0.183. The van der Waals surface area contributed by atoms with Crippen LogP contribution in [-0.2, 0) is 7.05 Å². The summed E-state index contributed by atoms with van der Waals surface area (Å²) in [6.45, 7) is 1.31. The maximum Gasteiger partial charge on any atom is 0.323 e. The fraction of sp³-hybridized carbons (Fsp3) is 0.273. The molecule has 0 fully saturated rings. The Balaban J connectivity index is 1.81. The predicted molar refractivity (Wildman–Crippen MR) is 123 cm³/mol. The van der Waals surface area contributed by atoms with Crippen LogP contribution in [0.5, 0.6) is 11.5 Å². The SMILES string of the molecule is CN(C)CCCOc1ccc(NC(=O)Nc2ccc(Cl)cc2O)cc1-c1c(F)cnn1C. The lowest BCUT2D eigenvalue weighted by Gasteiger charge is -2.16. The largest absolute Gasteiger partial charge is 0.506 e. The number of anilines is 2. The highest BCUT2D eigenvalue weighted by atomic mass is 35.5. The van der Waals surface area contributed by atoms with E-state index < -0.39 is 11.8 Å². The second kappa shape index (κ2) is 10.3. The summed E-state index contributed by atoms with van der Waals surface area (Å²) in [5, 5.41) is 19.4. The van der Waals surface area contributed by atoms with Gasteiger partial charge in [-0.15, -0.1) is 0 Å². The highest BCUT2D eigenvalue weighted by Crippen LogP contribution is 2.34. The van der Waals surface area contributed by atoms with Crippen molar-refractivity contribution in [3.05, 3.63) is 53.4 Å². The maximum atomic E-state index is 14.4. The van der Waals surface area contributed by atoms with Crippen molar-refractivity contribution in [3.8, 4) is 22.8 Å². The number of hydrogen-bond acceptors (Lipinski definition) is 5. The molecule has 2 aromatic carbocycles. The van der Waals surface area contributed by atoms with Gasteiger partial charge in [-0.05, 0) is 50.8 Å². The van der Waals surface area contributed by atoms with Crippen LogP contribution in [0.4, 0.5) is 20.6 Å². The molecule has 2 amide bonds. The Morgan fingerprint density at radius 2 is 2.03 bits per heavy atom. The van der Waals surface area contributed by atoms with Gasteiger partial charge in [0, 0.05) is 35.9 Å². The van der Waals surface area contributed by atoms with E-state index in [-0.39, 0.29) is 17.1 Å². The highest BCUT2D eigenvalue weighted by Gasteiger charge is 2.17. The third kappa shape index (κ3) is 5.89. The lowest BCUT2D eigenvalue weighted by atomic mass is 10.1. The summed E-state index contributed by atoms with van der Waals surface area (Å²) in [7, 11) is 5.59. The number of rotatable bonds is 8. The Hall–Kier alpha value is -3.30. The monoisotopic (exact) mass is 461 g/mol. The Bertz CT molecular complexity index is 1080. The van der Waals surface area contributed by atoms with Crippen molar-refractivity contribution in [1.29, 1.82) is 0 Å². The van der Waals surface area contributed by atoms with Gasteiger partial charge < -0.3 is 25.4 Å². The number of phenols is 1. The van der Waals surface area contributed by atoms with E-state index in [1.54, 1.807) is 31.3 Å². The van der Waals surface area contributed by atoms with E-state index in [0.717, 1.165) is 19.2 Å². The van der Waals surface area contributed by atoms with Crippen LogP contribution in [0.3, 0.4) is 0 Å². The summed E-state index contributed by atoms with van der Waals surface area (Å²) in [6, 6.07) is 8.71. The summed E-state index contributed by atoms with van der Waals surface area (Å²) < 4.78 is 21.8. The van der Waals surface area contributed by atoms with Gasteiger partial charge in [0.1, 0.15) is 17.2 Å². The van der Waals surface area contributed by atoms with Crippen molar-refractivity contribution >= 4 is 29.0 Å². The van der Waals surface area contributed by atoms with E-state index in [2.05, 4.69) is 20.6 Å². The zero-order valence-corrected chi connectivity index (χ0v) is 18.8. The Kier molecular flexibility index (Phi) is 7.55. The molecule has 3 rings (SSSR count). The molecule has 1 heterocycles. The summed E-state index contributed by atoms with van der Waals surface area (Å²) in [5.41, 5.74) is 1.31. The van der Waals surface area contributed by atoms with Gasteiger partial charge in [0.2, 0.25) is 0 Å². The number of aryl methyl sites for hydroxylation is 1. The minimum absolute atomic E-state index is 0.160. The third-order valence-electron chi connectivity index (χ3n) is 4.60. The first-order chi connectivity index (χ1) is 15.2. The van der Waals surface area contributed by atoms with Gasteiger partial charge in [-0.2, -0.15) is 5.10 Å². The number of nitrogens with zero attached hydrogens (tertiary/aromatic N) is 3. The number of aromatic hydroxyl groups is 1. The van der Waals surface area contributed by atoms with Crippen LogP contribution in [0.2, 0.25) is 5.02 Å². The number of carbonyl (C=O) groups excluding carboxylic acids is 1. The normalized spacial score (nSPS) is 10.9. The molecule has 170 valence electrons. The second-order valence-corrected chi connectivity index (χ2v) is 7.86. The number of benzene rings is 2. The molecule has 0 atom stereocenters. The van der Waals surface area contributed by atoms with Gasteiger partial charge in [-0.1, -0.05) is 11.6 Å². The first-order valence-corrected chi connectivity index (χ1v) is 10.3. The maximum absolute atomic E-state index is 14.4. The average molecular weight is 462 g/mol. The summed E-state index contributed by atoms with van der Waals surface area (Å²) >= 11 is 5.81. The zero-order valence-electron chi connectivity index (χ0n) is 18.0.